The topological polar surface area (TPSA) is 67.9 Å². The van der Waals surface area contributed by atoms with Gasteiger partial charge in [-0.25, -0.2) is 0 Å². The number of anilines is 2. The Labute approximate surface area is 165 Å². The van der Waals surface area contributed by atoms with Crippen LogP contribution in [0, 0.1) is 0 Å². The molecule has 1 N–H and O–H groups in total. The monoisotopic (exact) mass is 382 g/mol. The Morgan fingerprint density at radius 1 is 1.04 bits per heavy atom. The highest BCUT2D eigenvalue weighted by atomic mass is 16.5. The van der Waals surface area contributed by atoms with Gasteiger partial charge in [-0.1, -0.05) is 0 Å². The van der Waals surface area contributed by atoms with Crippen molar-refractivity contribution in [1.29, 1.82) is 0 Å². The number of carbonyl (C=O) groups excluding carboxylic acids is 2. The SMILES string of the molecule is COc1cc(C(=O)Nc2ccc(N(C)C(C)=O)cc2)ccc1OC1CCCC1. The lowest BCUT2D eigenvalue weighted by molar-refractivity contribution is -0.116. The lowest BCUT2D eigenvalue weighted by Crippen LogP contribution is -2.22. The van der Waals surface area contributed by atoms with Crippen molar-refractivity contribution in [3.8, 4) is 11.5 Å². The van der Waals surface area contributed by atoms with E-state index in [9.17, 15) is 9.59 Å². The number of nitrogens with one attached hydrogen (secondary N) is 1. The number of benzene rings is 2. The predicted molar refractivity (Wildman–Crippen MR) is 109 cm³/mol. The number of carbonyl (C=O) groups is 2. The van der Waals surface area contributed by atoms with Crippen molar-refractivity contribution >= 4 is 23.2 Å². The fourth-order valence-corrected chi connectivity index (χ4v) is 3.25. The second-order valence-electron chi connectivity index (χ2n) is 6.97. The van der Waals surface area contributed by atoms with Gasteiger partial charge in [0.25, 0.3) is 5.91 Å². The summed E-state index contributed by atoms with van der Waals surface area (Å²) in [5.41, 5.74) is 1.90. The van der Waals surface area contributed by atoms with Gasteiger partial charge < -0.3 is 19.7 Å². The molecule has 1 aliphatic carbocycles. The molecule has 1 fully saturated rings. The summed E-state index contributed by atoms with van der Waals surface area (Å²) < 4.78 is 11.4. The number of hydrogen-bond donors (Lipinski definition) is 1. The summed E-state index contributed by atoms with van der Waals surface area (Å²) in [4.78, 5) is 25.6. The molecule has 0 saturated heterocycles. The Kier molecular flexibility index (Phi) is 6.19. The van der Waals surface area contributed by atoms with Gasteiger partial charge in [-0.3, -0.25) is 9.59 Å². The molecule has 6 nitrogen and oxygen atoms in total. The molecule has 1 aliphatic rings. The molecule has 2 aromatic rings. The third-order valence-corrected chi connectivity index (χ3v) is 5.01. The molecule has 3 rings (SSSR count). The van der Waals surface area contributed by atoms with E-state index in [2.05, 4.69) is 5.32 Å². The van der Waals surface area contributed by atoms with E-state index in [0.29, 0.717) is 22.7 Å². The first-order valence-corrected chi connectivity index (χ1v) is 9.48. The van der Waals surface area contributed by atoms with E-state index in [0.717, 1.165) is 18.5 Å². The Hall–Kier alpha value is -3.02. The van der Waals surface area contributed by atoms with E-state index in [-0.39, 0.29) is 17.9 Å². The minimum atomic E-state index is -0.238. The van der Waals surface area contributed by atoms with Crippen LogP contribution in [0.1, 0.15) is 43.0 Å². The minimum absolute atomic E-state index is 0.0520. The van der Waals surface area contributed by atoms with Crippen molar-refractivity contribution in [3.63, 3.8) is 0 Å². The molecule has 0 unspecified atom stereocenters. The summed E-state index contributed by atoms with van der Waals surface area (Å²) in [6.45, 7) is 1.50. The van der Waals surface area contributed by atoms with Crippen LogP contribution < -0.4 is 19.7 Å². The van der Waals surface area contributed by atoms with Crippen LogP contribution in [-0.2, 0) is 4.79 Å². The lowest BCUT2D eigenvalue weighted by atomic mass is 10.1. The molecule has 1 saturated carbocycles. The summed E-state index contributed by atoms with van der Waals surface area (Å²) >= 11 is 0. The predicted octanol–water partition coefficient (Wildman–Crippen LogP) is 4.25. The Bertz CT molecular complexity index is 842. The average molecular weight is 382 g/mol. The van der Waals surface area contributed by atoms with Crippen LogP contribution >= 0.6 is 0 Å². The number of ether oxygens (including phenoxy) is 2. The highest BCUT2D eigenvalue weighted by Crippen LogP contribution is 2.32. The molecule has 2 amide bonds. The molecular weight excluding hydrogens is 356 g/mol. The summed E-state index contributed by atoms with van der Waals surface area (Å²) in [5, 5.41) is 2.86. The maximum atomic E-state index is 12.6. The normalized spacial score (nSPS) is 13.8. The zero-order valence-electron chi connectivity index (χ0n) is 16.5. The van der Waals surface area contributed by atoms with Gasteiger partial charge in [0.15, 0.2) is 11.5 Å². The van der Waals surface area contributed by atoms with Crippen molar-refractivity contribution in [1.82, 2.24) is 0 Å². The summed E-state index contributed by atoms with van der Waals surface area (Å²) in [6.07, 6.45) is 4.71. The fraction of sp³-hybridized carbons (Fsp3) is 0.364. The molecule has 0 atom stereocenters. The molecule has 28 heavy (non-hydrogen) atoms. The van der Waals surface area contributed by atoms with E-state index in [1.165, 1.54) is 19.8 Å². The molecule has 0 bridgehead atoms. The largest absolute Gasteiger partial charge is 0.493 e. The zero-order chi connectivity index (χ0) is 20.1. The number of rotatable bonds is 6. The Balaban J connectivity index is 1.69. The van der Waals surface area contributed by atoms with Crippen LogP contribution in [0.3, 0.4) is 0 Å². The molecule has 2 aromatic carbocycles. The smallest absolute Gasteiger partial charge is 0.255 e. The first-order chi connectivity index (χ1) is 13.5. The summed E-state index contributed by atoms with van der Waals surface area (Å²) in [5.74, 6) is 0.933. The molecule has 0 aliphatic heterocycles. The molecule has 0 radical (unpaired) electrons. The van der Waals surface area contributed by atoms with E-state index < -0.39 is 0 Å². The van der Waals surface area contributed by atoms with Crippen LogP contribution in [0.4, 0.5) is 11.4 Å². The van der Waals surface area contributed by atoms with Crippen molar-refractivity contribution in [2.24, 2.45) is 0 Å². The lowest BCUT2D eigenvalue weighted by Gasteiger charge is -2.17. The summed E-state index contributed by atoms with van der Waals surface area (Å²) in [7, 11) is 3.28. The van der Waals surface area contributed by atoms with E-state index in [4.69, 9.17) is 9.47 Å². The molecule has 148 valence electrons. The first kappa shape index (κ1) is 19.7. The molecule has 6 heteroatoms. The fourth-order valence-electron chi connectivity index (χ4n) is 3.25. The van der Waals surface area contributed by atoms with Crippen molar-refractivity contribution < 1.29 is 19.1 Å². The summed E-state index contributed by atoms with van der Waals surface area (Å²) in [6, 6.07) is 12.3. The first-order valence-electron chi connectivity index (χ1n) is 9.48. The van der Waals surface area contributed by atoms with Gasteiger partial charge in [-0.05, 0) is 68.1 Å². The molecule has 0 spiro atoms. The average Bonchev–Trinajstić information content (AvgIpc) is 3.21. The third kappa shape index (κ3) is 4.63. The Morgan fingerprint density at radius 3 is 2.32 bits per heavy atom. The van der Waals surface area contributed by atoms with Gasteiger partial charge in [-0.15, -0.1) is 0 Å². The Morgan fingerprint density at radius 2 is 1.71 bits per heavy atom. The molecule has 0 aromatic heterocycles. The quantitative estimate of drug-likeness (QED) is 0.811. The van der Waals surface area contributed by atoms with Gasteiger partial charge in [0, 0.05) is 30.9 Å². The van der Waals surface area contributed by atoms with Crippen molar-refractivity contribution in [2.45, 2.75) is 38.7 Å². The van der Waals surface area contributed by atoms with Gasteiger partial charge in [0.1, 0.15) is 0 Å². The standard InChI is InChI=1S/C22H26N2O4/c1-15(25)24(2)18-11-9-17(10-12-18)23-22(26)16-8-13-20(21(14-16)27-3)28-19-6-4-5-7-19/h8-14,19H,4-7H2,1-3H3,(H,23,26). The van der Waals surface area contributed by atoms with Crippen LogP contribution in [0.2, 0.25) is 0 Å². The van der Waals surface area contributed by atoms with Gasteiger partial charge in [-0.2, -0.15) is 0 Å². The van der Waals surface area contributed by atoms with E-state index >= 15 is 0 Å². The van der Waals surface area contributed by atoms with Crippen LogP contribution in [0.15, 0.2) is 42.5 Å². The van der Waals surface area contributed by atoms with Crippen LogP contribution in [0.25, 0.3) is 0 Å². The van der Waals surface area contributed by atoms with Crippen LogP contribution in [-0.4, -0.2) is 32.1 Å². The maximum absolute atomic E-state index is 12.6. The van der Waals surface area contributed by atoms with E-state index in [1.807, 2.05) is 0 Å². The number of amides is 2. The molecule has 0 heterocycles. The maximum Gasteiger partial charge on any atom is 0.255 e. The second kappa shape index (κ2) is 8.78. The highest BCUT2D eigenvalue weighted by molar-refractivity contribution is 6.04. The third-order valence-electron chi connectivity index (χ3n) is 5.01. The highest BCUT2D eigenvalue weighted by Gasteiger charge is 2.19. The van der Waals surface area contributed by atoms with Gasteiger partial charge >= 0.3 is 0 Å². The van der Waals surface area contributed by atoms with Gasteiger partial charge in [0.2, 0.25) is 5.91 Å². The molecular formula is C22H26N2O4. The second-order valence-corrected chi connectivity index (χ2v) is 6.97. The number of hydrogen-bond acceptors (Lipinski definition) is 4. The van der Waals surface area contributed by atoms with Gasteiger partial charge in [0.05, 0.1) is 13.2 Å². The van der Waals surface area contributed by atoms with Crippen molar-refractivity contribution in [3.05, 3.63) is 48.0 Å². The van der Waals surface area contributed by atoms with Crippen molar-refractivity contribution in [2.75, 3.05) is 24.4 Å². The zero-order valence-corrected chi connectivity index (χ0v) is 16.5. The van der Waals surface area contributed by atoms with E-state index in [1.54, 1.807) is 61.5 Å². The number of nitrogens with zero attached hydrogens (tertiary/aromatic N) is 1. The van der Waals surface area contributed by atoms with Crippen LogP contribution in [0.5, 0.6) is 11.5 Å². The number of methoxy groups -OCH3 is 1. The minimum Gasteiger partial charge on any atom is -0.493 e.